The van der Waals surface area contributed by atoms with Gasteiger partial charge < -0.3 is 4.90 Å². The number of alkyl halides is 3. The molecule has 0 aliphatic carbocycles. The molecule has 1 fully saturated rings. The fourth-order valence-electron chi connectivity index (χ4n) is 2.57. The van der Waals surface area contributed by atoms with E-state index in [0.717, 1.165) is 28.4 Å². The molecule has 0 bridgehead atoms. The Labute approximate surface area is 152 Å². The normalized spacial score (nSPS) is 18.1. The summed E-state index contributed by atoms with van der Waals surface area (Å²) in [6.45, 7) is -0.512. The molecule has 1 aromatic heterocycles. The third-order valence-electron chi connectivity index (χ3n) is 3.65. The number of thiophene rings is 1. The van der Waals surface area contributed by atoms with E-state index in [-0.39, 0.29) is 0 Å². The molecule has 25 heavy (non-hydrogen) atoms. The average molecular weight is 435 g/mol. The Kier molecular flexibility index (Phi) is 4.60. The van der Waals surface area contributed by atoms with Crippen LogP contribution in [0.25, 0.3) is 0 Å². The number of carbonyl (C=O) groups excluding carboxylic acids is 2. The molecule has 1 aliphatic heterocycles. The Balaban J connectivity index is 2.03. The highest BCUT2D eigenvalue weighted by atomic mass is 79.9. The van der Waals surface area contributed by atoms with Gasteiger partial charge in [0.25, 0.3) is 11.8 Å². The highest BCUT2D eigenvalue weighted by molar-refractivity contribution is 9.10. The fourth-order valence-corrected chi connectivity index (χ4v) is 4.10. The second-order valence-corrected chi connectivity index (χ2v) is 7.11. The number of hydroxylamine groups is 2. The summed E-state index contributed by atoms with van der Waals surface area (Å²) in [5.41, 5.74) is -1.66. The van der Waals surface area contributed by atoms with Gasteiger partial charge in [-0.1, -0.05) is 12.1 Å². The van der Waals surface area contributed by atoms with Gasteiger partial charge in [0.1, 0.15) is 6.54 Å². The van der Waals surface area contributed by atoms with Crippen molar-refractivity contribution in [3.8, 4) is 0 Å². The van der Waals surface area contributed by atoms with Crippen LogP contribution >= 0.6 is 27.3 Å². The monoisotopic (exact) mass is 434 g/mol. The van der Waals surface area contributed by atoms with Gasteiger partial charge in [-0.25, -0.2) is 0 Å². The maximum absolute atomic E-state index is 13.2. The van der Waals surface area contributed by atoms with Crippen LogP contribution in [0, 0.1) is 0 Å². The van der Waals surface area contributed by atoms with Crippen molar-refractivity contribution in [3.05, 3.63) is 56.2 Å². The fraction of sp³-hybridized carbons (Fsp3) is 0.200. The zero-order valence-corrected chi connectivity index (χ0v) is 14.7. The molecule has 2 amide bonds. The van der Waals surface area contributed by atoms with E-state index in [1.54, 1.807) is 11.4 Å². The second kappa shape index (κ2) is 6.43. The summed E-state index contributed by atoms with van der Waals surface area (Å²) in [5, 5.41) is 12.0. The maximum atomic E-state index is 13.2. The number of hydrogen-bond acceptors (Lipinski definition) is 4. The average Bonchev–Trinajstić information content (AvgIpc) is 3.10. The second-order valence-electron chi connectivity index (χ2n) is 5.26. The molecule has 0 spiro atoms. The van der Waals surface area contributed by atoms with Crippen molar-refractivity contribution in [2.24, 2.45) is 0 Å². The van der Waals surface area contributed by atoms with Crippen LogP contribution in [0.3, 0.4) is 0 Å². The summed E-state index contributed by atoms with van der Waals surface area (Å²) < 4.78 is 40.2. The van der Waals surface area contributed by atoms with Crippen molar-refractivity contribution >= 4 is 39.1 Å². The Hall–Kier alpha value is -1.91. The molecular weight excluding hydrogens is 425 g/mol. The summed E-state index contributed by atoms with van der Waals surface area (Å²) >= 11 is 4.39. The molecule has 5 nitrogen and oxygen atoms in total. The van der Waals surface area contributed by atoms with Crippen LogP contribution in [0.15, 0.2) is 40.2 Å². The number of hydrogen-bond donors (Lipinski definition) is 1. The molecule has 132 valence electrons. The van der Waals surface area contributed by atoms with E-state index in [1.807, 2.05) is 0 Å². The SMILES string of the molecule is O=C1CN(C(=O)c2ccccc2C(F)(F)F)C(c2cc(Br)cs2)N1O. The molecular formula is C15H10BrF3N2O3S. The molecule has 2 heterocycles. The van der Waals surface area contributed by atoms with Crippen LogP contribution in [0.1, 0.15) is 27.0 Å². The minimum Gasteiger partial charge on any atom is -0.302 e. The van der Waals surface area contributed by atoms with Gasteiger partial charge in [0.15, 0.2) is 6.17 Å². The Morgan fingerprint density at radius 2 is 2.00 bits per heavy atom. The molecule has 1 aromatic carbocycles. The van der Waals surface area contributed by atoms with Crippen molar-refractivity contribution in [2.75, 3.05) is 6.54 Å². The molecule has 2 aromatic rings. The molecule has 1 saturated heterocycles. The van der Waals surface area contributed by atoms with Crippen molar-refractivity contribution in [2.45, 2.75) is 12.3 Å². The third-order valence-corrected chi connectivity index (χ3v) is 5.39. The van der Waals surface area contributed by atoms with Gasteiger partial charge in [-0.05, 0) is 34.1 Å². The van der Waals surface area contributed by atoms with Crippen molar-refractivity contribution in [3.63, 3.8) is 0 Å². The Morgan fingerprint density at radius 3 is 2.60 bits per heavy atom. The molecule has 0 saturated carbocycles. The molecule has 3 rings (SSSR count). The summed E-state index contributed by atoms with van der Waals surface area (Å²) in [7, 11) is 0. The van der Waals surface area contributed by atoms with E-state index >= 15 is 0 Å². The Bertz CT molecular complexity index is 839. The summed E-state index contributed by atoms with van der Waals surface area (Å²) in [5.74, 6) is -1.75. The summed E-state index contributed by atoms with van der Waals surface area (Å²) in [6.07, 6.45) is -5.88. The van der Waals surface area contributed by atoms with Crippen LogP contribution in [0.5, 0.6) is 0 Å². The van der Waals surface area contributed by atoms with Crippen LogP contribution in [-0.2, 0) is 11.0 Å². The smallest absolute Gasteiger partial charge is 0.302 e. The van der Waals surface area contributed by atoms with Gasteiger partial charge in [-0.15, -0.1) is 11.3 Å². The van der Waals surface area contributed by atoms with E-state index in [4.69, 9.17) is 0 Å². The molecule has 0 radical (unpaired) electrons. The van der Waals surface area contributed by atoms with E-state index in [1.165, 1.54) is 12.1 Å². The number of halogens is 4. The van der Waals surface area contributed by atoms with Gasteiger partial charge in [-0.2, -0.15) is 18.2 Å². The summed E-state index contributed by atoms with van der Waals surface area (Å²) in [6, 6.07) is 5.94. The lowest BCUT2D eigenvalue weighted by molar-refractivity contribution is -0.168. The first-order chi connectivity index (χ1) is 11.7. The predicted molar refractivity (Wildman–Crippen MR) is 85.9 cm³/mol. The van der Waals surface area contributed by atoms with Gasteiger partial charge in [0.2, 0.25) is 0 Å². The summed E-state index contributed by atoms with van der Waals surface area (Å²) in [4.78, 5) is 25.9. The zero-order chi connectivity index (χ0) is 18.4. The van der Waals surface area contributed by atoms with Crippen LogP contribution in [0.2, 0.25) is 0 Å². The first-order valence-electron chi connectivity index (χ1n) is 6.92. The molecule has 1 aliphatic rings. The predicted octanol–water partition coefficient (Wildman–Crippen LogP) is 3.90. The number of amides is 2. The quantitative estimate of drug-likeness (QED) is 0.729. The number of nitrogens with zero attached hydrogens (tertiary/aromatic N) is 2. The number of benzene rings is 1. The largest absolute Gasteiger partial charge is 0.417 e. The minimum atomic E-state index is -4.71. The highest BCUT2D eigenvalue weighted by Gasteiger charge is 2.44. The van der Waals surface area contributed by atoms with Crippen LogP contribution in [0.4, 0.5) is 13.2 Å². The first kappa shape index (κ1) is 17.9. The molecule has 1 N–H and O–H groups in total. The van der Waals surface area contributed by atoms with Gasteiger partial charge >= 0.3 is 6.18 Å². The van der Waals surface area contributed by atoms with Crippen molar-refractivity contribution in [1.29, 1.82) is 0 Å². The van der Waals surface area contributed by atoms with Gasteiger partial charge in [-0.3, -0.25) is 14.8 Å². The van der Waals surface area contributed by atoms with Crippen LogP contribution in [-0.4, -0.2) is 33.5 Å². The van der Waals surface area contributed by atoms with Crippen molar-refractivity contribution in [1.82, 2.24) is 9.96 Å². The van der Waals surface area contributed by atoms with E-state index in [0.29, 0.717) is 14.4 Å². The molecule has 1 unspecified atom stereocenters. The highest BCUT2D eigenvalue weighted by Crippen LogP contribution is 2.38. The van der Waals surface area contributed by atoms with E-state index in [2.05, 4.69) is 15.9 Å². The lowest BCUT2D eigenvalue weighted by atomic mass is 10.1. The van der Waals surface area contributed by atoms with Gasteiger partial charge in [0.05, 0.1) is 16.0 Å². The van der Waals surface area contributed by atoms with Crippen LogP contribution < -0.4 is 0 Å². The standard InChI is InChI=1S/C15H10BrF3N2O3S/c16-8-5-11(25-7-8)13-20(6-12(22)21(13)24)14(23)9-3-1-2-4-10(9)15(17,18)19/h1-5,7,13,24H,6H2. The molecule has 1 atom stereocenters. The van der Waals surface area contributed by atoms with E-state index in [9.17, 15) is 28.0 Å². The minimum absolute atomic E-state index is 0.367. The molecule has 10 heteroatoms. The lowest BCUT2D eigenvalue weighted by Gasteiger charge is -2.26. The van der Waals surface area contributed by atoms with Crippen molar-refractivity contribution < 1.29 is 28.0 Å². The van der Waals surface area contributed by atoms with Gasteiger partial charge in [0, 0.05) is 9.85 Å². The number of carbonyl (C=O) groups is 2. The third kappa shape index (κ3) is 3.29. The topological polar surface area (TPSA) is 60.9 Å². The maximum Gasteiger partial charge on any atom is 0.417 e. The van der Waals surface area contributed by atoms with E-state index < -0.39 is 41.8 Å². The zero-order valence-electron chi connectivity index (χ0n) is 12.3. The number of rotatable bonds is 2. The Morgan fingerprint density at radius 1 is 1.32 bits per heavy atom. The first-order valence-corrected chi connectivity index (χ1v) is 8.59. The lowest BCUT2D eigenvalue weighted by Crippen LogP contribution is -2.35.